The first kappa shape index (κ1) is 11.0. The molecule has 1 fully saturated rings. The Morgan fingerprint density at radius 1 is 1.47 bits per heavy atom. The first-order valence-corrected chi connectivity index (χ1v) is 6.59. The Labute approximate surface area is 102 Å². The molecule has 2 aliphatic rings. The molecule has 1 heterocycles. The minimum atomic E-state index is 0.609. The van der Waals surface area contributed by atoms with Crippen LogP contribution in [0, 0.1) is 17.8 Å². The van der Waals surface area contributed by atoms with E-state index in [9.17, 15) is 0 Å². The number of aromatic nitrogens is 3. The molecule has 2 aliphatic carbocycles. The maximum atomic E-state index is 4.13. The largest absolute Gasteiger partial charge is 0.314 e. The van der Waals surface area contributed by atoms with E-state index in [4.69, 9.17) is 0 Å². The number of hydrogen-bond donors (Lipinski definition) is 2. The van der Waals surface area contributed by atoms with E-state index in [2.05, 4.69) is 39.6 Å². The topological polar surface area (TPSA) is 53.6 Å². The molecule has 2 N–H and O–H groups in total. The summed E-state index contributed by atoms with van der Waals surface area (Å²) in [6.07, 6.45) is 10.1. The van der Waals surface area contributed by atoms with Gasteiger partial charge in [-0.25, -0.2) is 4.98 Å². The van der Waals surface area contributed by atoms with E-state index < -0.39 is 0 Å². The van der Waals surface area contributed by atoms with E-state index in [0.717, 1.165) is 36.5 Å². The second kappa shape index (κ2) is 4.61. The van der Waals surface area contributed by atoms with Crippen LogP contribution in [0.15, 0.2) is 18.5 Å². The summed E-state index contributed by atoms with van der Waals surface area (Å²) in [6, 6.07) is 0.609. The average molecular weight is 232 g/mol. The molecule has 0 spiro atoms. The summed E-state index contributed by atoms with van der Waals surface area (Å²) in [5.74, 6) is 3.49. The number of hydrogen-bond acceptors (Lipinski definition) is 3. The van der Waals surface area contributed by atoms with E-state index in [1.165, 1.54) is 12.8 Å². The van der Waals surface area contributed by atoms with Gasteiger partial charge in [-0.05, 0) is 37.5 Å². The number of H-pyrrole nitrogens is 1. The van der Waals surface area contributed by atoms with Crippen LogP contribution in [-0.2, 0) is 6.42 Å². The monoisotopic (exact) mass is 232 g/mol. The lowest BCUT2D eigenvalue weighted by Crippen LogP contribution is -2.36. The van der Waals surface area contributed by atoms with Crippen LogP contribution in [0.1, 0.15) is 25.6 Å². The van der Waals surface area contributed by atoms with Gasteiger partial charge in [-0.15, -0.1) is 0 Å². The second-order valence-corrected chi connectivity index (χ2v) is 5.37. The van der Waals surface area contributed by atoms with Gasteiger partial charge in [0.1, 0.15) is 12.2 Å². The first-order chi connectivity index (χ1) is 8.33. The van der Waals surface area contributed by atoms with Crippen molar-refractivity contribution >= 4 is 0 Å². The molecule has 4 unspecified atom stereocenters. The molecular weight excluding hydrogens is 212 g/mol. The van der Waals surface area contributed by atoms with Crippen molar-refractivity contribution in [3.8, 4) is 0 Å². The highest BCUT2D eigenvalue weighted by molar-refractivity contribution is 5.11. The lowest BCUT2D eigenvalue weighted by molar-refractivity contribution is 0.329. The van der Waals surface area contributed by atoms with Crippen molar-refractivity contribution in [1.82, 2.24) is 20.5 Å². The molecule has 0 aromatic carbocycles. The molecule has 17 heavy (non-hydrogen) atoms. The number of nitrogens with one attached hydrogen (secondary N) is 2. The second-order valence-electron chi connectivity index (χ2n) is 5.37. The van der Waals surface area contributed by atoms with Gasteiger partial charge in [0.2, 0.25) is 0 Å². The zero-order valence-electron chi connectivity index (χ0n) is 10.3. The molecule has 0 saturated heterocycles. The van der Waals surface area contributed by atoms with Crippen LogP contribution >= 0.6 is 0 Å². The highest BCUT2D eigenvalue weighted by atomic mass is 15.2. The number of aromatic amines is 1. The molecule has 92 valence electrons. The summed E-state index contributed by atoms with van der Waals surface area (Å²) in [4.78, 5) is 4.13. The fraction of sp³-hybridized carbons (Fsp3) is 0.692. The highest BCUT2D eigenvalue weighted by Crippen LogP contribution is 2.44. The third-order valence-electron chi connectivity index (χ3n) is 4.27. The number of rotatable bonds is 5. The minimum Gasteiger partial charge on any atom is -0.314 e. The molecule has 4 atom stereocenters. The lowest BCUT2D eigenvalue weighted by atomic mass is 9.87. The molecule has 1 saturated carbocycles. The van der Waals surface area contributed by atoms with Crippen LogP contribution in [0.25, 0.3) is 0 Å². The lowest BCUT2D eigenvalue weighted by Gasteiger charge is -2.26. The van der Waals surface area contributed by atoms with Gasteiger partial charge in [0.15, 0.2) is 0 Å². The van der Waals surface area contributed by atoms with Crippen molar-refractivity contribution in [1.29, 1.82) is 0 Å². The quantitative estimate of drug-likeness (QED) is 0.757. The van der Waals surface area contributed by atoms with E-state index in [0.29, 0.717) is 6.04 Å². The molecule has 3 rings (SSSR count). The first-order valence-electron chi connectivity index (χ1n) is 6.59. The summed E-state index contributed by atoms with van der Waals surface area (Å²) < 4.78 is 0. The fourth-order valence-corrected chi connectivity index (χ4v) is 3.32. The zero-order chi connectivity index (χ0) is 11.7. The smallest absolute Gasteiger partial charge is 0.137 e. The molecule has 4 heteroatoms. The summed E-state index contributed by atoms with van der Waals surface area (Å²) in [6.45, 7) is 3.30. The van der Waals surface area contributed by atoms with Crippen LogP contribution in [0.3, 0.4) is 0 Å². The van der Waals surface area contributed by atoms with Gasteiger partial charge in [-0.1, -0.05) is 12.2 Å². The van der Waals surface area contributed by atoms with Gasteiger partial charge >= 0.3 is 0 Å². The molecule has 0 aliphatic heterocycles. The Kier molecular flexibility index (Phi) is 2.97. The standard InChI is InChI=1S/C13H20N4/c1-9(12-7-10-2-3-11(12)6-10)14-5-4-13-15-8-16-17-13/h2-3,8-12,14H,4-7H2,1H3,(H,15,16,17). The van der Waals surface area contributed by atoms with E-state index in [-0.39, 0.29) is 0 Å². The van der Waals surface area contributed by atoms with Crippen molar-refractivity contribution in [2.24, 2.45) is 17.8 Å². The summed E-state index contributed by atoms with van der Waals surface area (Å²) >= 11 is 0. The summed E-state index contributed by atoms with van der Waals surface area (Å²) in [7, 11) is 0. The van der Waals surface area contributed by atoms with Gasteiger partial charge in [-0.2, -0.15) is 5.10 Å². The van der Waals surface area contributed by atoms with Crippen LogP contribution in [0.5, 0.6) is 0 Å². The Morgan fingerprint density at radius 3 is 3.06 bits per heavy atom. The van der Waals surface area contributed by atoms with E-state index in [1.54, 1.807) is 6.33 Å². The maximum absolute atomic E-state index is 4.13. The van der Waals surface area contributed by atoms with Crippen LogP contribution < -0.4 is 5.32 Å². The van der Waals surface area contributed by atoms with Gasteiger partial charge in [0, 0.05) is 19.0 Å². The molecule has 2 bridgehead atoms. The fourth-order valence-electron chi connectivity index (χ4n) is 3.32. The van der Waals surface area contributed by atoms with Crippen LogP contribution in [-0.4, -0.2) is 27.8 Å². The molecule has 0 amide bonds. The Bertz CT molecular complexity index is 384. The SMILES string of the molecule is CC(NCCc1ncn[nH]1)C1CC2C=CC1C2. The molecule has 4 nitrogen and oxygen atoms in total. The van der Waals surface area contributed by atoms with Crippen LogP contribution in [0.2, 0.25) is 0 Å². The maximum Gasteiger partial charge on any atom is 0.137 e. The van der Waals surface area contributed by atoms with Crippen molar-refractivity contribution in [2.45, 2.75) is 32.2 Å². The summed E-state index contributed by atoms with van der Waals surface area (Å²) in [5, 5.41) is 10.4. The molecule has 1 aromatic rings. The van der Waals surface area contributed by atoms with Crippen molar-refractivity contribution < 1.29 is 0 Å². The van der Waals surface area contributed by atoms with E-state index in [1.807, 2.05) is 0 Å². The van der Waals surface area contributed by atoms with E-state index >= 15 is 0 Å². The third-order valence-corrected chi connectivity index (χ3v) is 4.27. The molecule has 1 aromatic heterocycles. The van der Waals surface area contributed by atoms with Crippen LogP contribution in [0.4, 0.5) is 0 Å². The Hall–Kier alpha value is -1.16. The summed E-state index contributed by atoms with van der Waals surface area (Å²) in [5.41, 5.74) is 0. The number of allylic oxidation sites excluding steroid dienone is 2. The molecule has 0 radical (unpaired) electrons. The number of fused-ring (bicyclic) bond motifs is 2. The molecular formula is C13H20N4. The predicted octanol–water partition coefficient (Wildman–Crippen LogP) is 1.54. The van der Waals surface area contributed by atoms with Crippen molar-refractivity contribution in [2.75, 3.05) is 6.54 Å². The Morgan fingerprint density at radius 2 is 2.41 bits per heavy atom. The predicted molar refractivity (Wildman–Crippen MR) is 66.4 cm³/mol. The normalized spacial score (nSPS) is 32.2. The average Bonchev–Trinajstić information content (AvgIpc) is 3.05. The number of nitrogens with zero attached hydrogens (tertiary/aromatic N) is 2. The van der Waals surface area contributed by atoms with Gasteiger partial charge < -0.3 is 5.32 Å². The Balaban J connectivity index is 1.45. The van der Waals surface area contributed by atoms with Gasteiger partial charge in [-0.3, -0.25) is 5.10 Å². The minimum absolute atomic E-state index is 0.609. The van der Waals surface area contributed by atoms with Gasteiger partial charge in [0.25, 0.3) is 0 Å². The van der Waals surface area contributed by atoms with Crippen molar-refractivity contribution in [3.63, 3.8) is 0 Å². The van der Waals surface area contributed by atoms with Crippen molar-refractivity contribution in [3.05, 3.63) is 24.3 Å². The zero-order valence-corrected chi connectivity index (χ0v) is 10.3. The third kappa shape index (κ3) is 2.27. The van der Waals surface area contributed by atoms with Gasteiger partial charge in [0.05, 0.1) is 0 Å². The highest BCUT2D eigenvalue weighted by Gasteiger charge is 2.38.